The molecule has 0 aliphatic carbocycles. The van der Waals surface area contributed by atoms with E-state index in [0.29, 0.717) is 0 Å². The Balaban J connectivity index is 1.64. The normalized spacial score (nSPS) is 13.8. The summed E-state index contributed by atoms with van der Waals surface area (Å²) in [5.74, 6) is 0. The van der Waals surface area contributed by atoms with Crippen molar-refractivity contribution in [2.75, 3.05) is 20.3 Å². The van der Waals surface area contributed by atoms with Crippen LogP contribution in [0.15, 0.2) is 12.4 Å². The SMILES string of the molecule is CCCCCCCCCCCCCCCCCCCCCCN1C=CN(C)C1. The van der Waals surface area contributed by atoms with Gasteiger partial charge in [0, 0.05) is 26.0 Å². The highest BCUT2D eigenvalue weighted by molar-refractivity contribution is 4.88. The maximum absolute atomic E-state index is 2.43. The summed E-state index contributed by atoms with van der Waals surface area (Å²) in [6, 6.07) is 0. The Morgan fingerprint density at radius 1 is 0.500 bits per heavy atom. The Hall–Kier alpha value is -0.660. The highest BCUT2D eigenvalue weighted by atomic mass is 15.3. The van der Waals surface area contributed by atoms with Crippen LogP contribution in [-0.2, 0) is 0 Å². The predicted octanol–water partition coefficient (Wildman–Crippen LogP) is 8.48. The number of hydrogen-bond donors (Lipinski definition) is 0. The van der Waals surface area contributed by atoms with Gasteiger partial charge in [0.2, 0.25) is 0 Å². The lowest BCUT2D eigenvalue weighted by Crippen LogP contribution is -2.23. The van der Waals surface area contributed by atoms with Crippen LogP contribution in [0.4, 0.5) is 0 Å². The molecule has 0 unspecified atom stereocenters. The van der Waals surface area contributed by atoms with E-state index in [1.165, 1.54) is 135 Å². The molecular formula is C26H52N2. The second-order valence-electron chi connectivity index (χ2n) is 9.23. The van der Waals surface area contributed by atoms with Gasteiger partial charge in [-0.3, -0.25) is 0 Å². The first-order valence-electron chi connectivity index (χ1n) is 13.0. The van der Waals surface area contributed by atoms with Gasteiger partial charge >= 0.3 is 0 Å². The fourth-order valence-corrected chi connectivity index (χ4v) is 4.30. The first-order chi connectivity index (χ1) is 13.8. The van der Waals surface area contributed by atoms with E-state index in [9.17, 15) is 0 Å². The molecule has 1 aliphatic heterocycles. The van der Waals surface area contributed by atoms with Crippen LogP contribution in [0.3, 0.4) is 0 Å². The quantitative estimate of drug-likeness (QED) is 0.181. The van der Waals surface area contributed by atoms with Crippen molar-refractivity contribution in [3.05, 3.63) is 12.4 Å². The maximum Gasteiger partial charge on any atom is 0.0890 e. The van der Waals surface area contributed by atoms with E-state index in [2.05, 4.69) is 36.2 Å². The molecule has 0 aromatic carbocycles. The van der Waals surface area contributed by atoms with E-state index >= 15 is 0 Å². The van der Waals surface area contributed by atoms with Crippen LogP contribution in [0.5, 0.6) is 0 Å². The topological polar surface area (TPSA) is 6.48 Å². The zero-order valence-electron chi connectivity index (χ0n) is 19.6. The standard InChI is InChI=1S/C26H52N2/c1-3-4-5-6-7-8-9-10-11-12-13-14-15-16-17-18-19-20-21-22-23-28-25-24-27(2)26-28/h24-25H,3-23,26H2,1-2H3. The van der Waals surface area contributed by atoms with Crippen LogP contribution in [0.2, 0.25) is 0 Å². The zero-order chi connectivity index (χ0) is 20.1. The summed E-state index contributed by atoms with van der Waals surface area (Å²) in [7, 11) is 2.15. The minimum Gasteiger partial charge on any atom is -0.362 e. The van der Waals surface area contributed by atoms with Crippen molar-refractivity contribution in [3.8, 4) is 0 Å². The third-order valence-corrected chi connectivity index (χ3v) is 6.24. The van der Waals surface area contributed by atoms with Gasteiger partial charge in [0.1, 0.15) is 0 Å². The summed E-state index contributed by atoms with van der Waals surface area (Å²) in [6.07, 6.45) is 33.6. The van der Waals surface area contributed by atoms with Crippen molar-refractivity contribution >= 4 is 0 Å². The average molecular weight is 393 g/mol. The van der Waals surface area contributed by atoms with Crippen LogP contribution in [0.25, 0.3) is 0 Å². The summed E-state index contributed by atoms with van der Waals surface area (Å²) in [5.41, 5.74) is 0. The molecule has 2 heteroatoms. The van der Waals surface area contributed by atoms with Crippen molar-refractivity contribution < 1.29 is 0 Å². The van der Waals surface area contributed by atoms with Gasteiger partial charge in [-0.25, -0.2) is 0 Å². The van der Waals surface area contributed by atoms with Crippen LogP contribution in [-0.4, -0.2) is 30.1 Å². The Kier molecular flexibility index (Phi) is 17.8. The Bertz CT molecular complexity index is 339. The van der Waals surface area contributed by atoms with Crippen molar-refractivity contribution in [1.82, 2.24) is 9.80 Å². The zero-order valence-corrected chi connectivity index (χ0v) is 19.6. The third kappa shape index (κ3) is 16.3. The molecule has 28 heavy (non-hydrogen) atoms. The summed E-state index contributed by atoms with van der Waals surface area (Å²) in [5, 5.41) is 0. The van der Waals surface area contributed by atoms with Gasteiger partial charge in [0.05, 0.1) is 6.67 Å². The molecule has 1 aliphatic rings. The second-order valence-corrected chi connectivity index (χ2v) is 9.23. The fraction of sp³-hybridized carbons (Fsp3) is 0.923. The van der Waals surface area contributed by atoms with E-state index in [4.69, 9.17) is 0 Å². The Labute approximate surface area is 178 Å². The summed E-state index contributed by atoms with van der Waals surface area (Å²) in [4.78, 5) is 4.67. The smallest absolute Gasteiger partial charge is 0.0890 e. The van der Waals surface area contributed by atoms with Crippen LogP contribution in [0, 0.1) is 0 Å². The molecule has 0 aromatic rings. The molecule has 1 heterocycles. The molecule has 0 radical (unpaired) electrons. The predicted molar refractivity (Wildman–Crippen MR) is 126 cm³/mol. The maximum atomic E-state index is 2.43. The second kappa shape index (κ2) is 19.6. The number of rotatable bonds is 21. The molecule has 0 atom stereocenters. The molecule has 0 saturated carbocycles. The molecule has 0 fully saturated rings. The van der Waals surface area contributed by atoms with Crippen molar-refractivity contribution in [2.24, 2.45) is 0 Å². The van der Waals surface area contributed by atoms with Gasteiger partial charge in [0.15, 0.2) is 0 Å². The molecule has 2 nitrogen and oxygen atoms in total. The van der Waals surface area contributed by atoms with Crippen LogP contribution >= 0.6 is 0 Å². The lowest BCUT2D eigenvalue weighted by molar-refractivity contribution is 0.290. The van der Waals surface area contributed by atoms with Gasteiger partial charge in [-0.05, 0) is 6.42 Å². The first kappa shape index (κ1) is 25.4. The molecule has 0 amide bonds. The molecule has 0 spiro atoms. The summed E-state index contributed by atoms with van der Waals surface area (Å²) >= 11 is 0. The van der Waals surface area contributed by atoms with Crippen molar-refractivity contribution in [3.63, 3.8) is 0 Å². The minimum atomic E-state index is 1.08. The van der Waals surface area contributed by atoms with Crippen molar-refractivity contribution in [2.45, 2.75) is 135 Å². The highest BCUT2D eigenvalue weighted by Crippen LogP contribution is 2.15. The van der Waals surface area contributed by atoms with Crippen LogP contribution < -0.4 is 0 Å². The molecule has 0 aromatic heterocycles. The average Bonchev–Trinajstić information content (AvgIpc) is 3.11. The van der Waals surface area contributed by atoms with E-state index < -0.39 is 0 Å². The third-order valence-electron chi connectivity index (χ3n) is 6.24. The molecule has 0 saturated heterocycles. The summed E-state index contributed by atoms with van der Waals surface area (Å²) < 4.78 is 0. The van der Waals surface area contributed by atoms with E-state index in [-0.39, 0.29) is 0 Å². The monoisotopic (exact) mass is 392 g/mol. The lowest BCUT2D eigenvalue weighted by Gasteiger charge is -2.17. The van der Waals surface area contributed by atoms with E-state index in [1.54, 1.807) is 0 Å². The fourth-order valence-electron chi connectivity index (χ4n) is 4.30. The minimum absolute atomic E-state index is 1.08. The van der Waals surface area contributed by atoms with Crippen LogP contribution in [0.1, 0.15) is 135 Å². The molecular weight excluding hydrogens is 340 g/mol. The highest BCUT2D eigenvalue weighted by Gasteiger charge is 2.06. The Morgan fingerprint density at radius 3 is 1.18 bits per heavy atom. The molecule has 166 valence electrons. The first-order valence-corrected chi connectivity index (χ1v) is 13.0. The number of hydrogen-bond acceptors (Lipinski definition) is 2. The summed E-state index contributed by atoms with van der Waals surface area (Å²) in [6.45, 7) is 4.62. The largest absolute Gasteiger partial charge is 0.362 e. The molecule has 1 rings (SSSR count). The van der Waals surface area contributed by atoms with Crippen molar-refractivity contribution in [1.29, 1.82) is 0 Å². The van der Waals surface area contributed by atoms with Gasteiger partial charge in [-0.1, -0.05) is 129 Å². The Morgan fingerprint density at radius 2 is 0.857 bits per heavy atom. The van der Waals surface area contributed by atoms with Gasteiger partial charge in [-0.2, -0.15) is 0 Å². The van der Waals surface area contributed by atoms with Gasteiger partial charge in [0.25, 0.3) is 0 Å². The number of unbranched alkanes of at least 4 members (excludes halogenated alkanes) is 19. The van der Waals surface area contributed by atoms with E-state index in [0.717, 1.165) is 6.67 Å². The van der Waals surface area contributed by atoms with Gasteiger partial charge in [-0.15, -0.1) is 0 Å². The van der Waals surface area contributed by atoms with Gasteiger partial charge < -0.3 is 9.80 Å². The number of nitrogens with zero attached hydrogens (tertiary/aromatic N) is 2. The van der Waals surface area contributed by atoms with E-state index in [1.807, 2.05) is 0 Å². The molecule has 0 N–H and O–H groups in total. The lowest BCUT2D eigenvalue weighted by atomic mass is 10.0. The molecule has 0 bridgehead atoms.